The lowest BCUT2D eigenvalue weighted by molar-refractivity contribution is 0.400. The van der Waals surface area contributed by atoms with Gasteiger partial charge in [-0.3, -0.25) is 0 Å². The first-order chi connectivity index (χ1) is 8.74. The molecule has 2 rings (SSSR count). The van der Waals surface area contributed by atoms with Crippen LogP contribution < -0.4 is 10.1 Å². The van der Waals surface area contributed by atoms with Gasteiger partial charge in [-0.1, -0.05) is 23.4 Å². The first-order valence-corrected chi connectivity index (χ1v) is 6.44. The zero-order valence-corrected chi connectivity index (χ0v) is 11.5. The molecule has 94 valence electrons. The van der Waals surface area contributed by atoms with Crippen molar-refractivity contribution in [3.63, 3.8) is 0 Å². The number of aromatic nitrogens is 2. The highest BCUT2D eigenvalue weighted by atomic mass is 35.5. The Morgan fingerprint density at radius 1 is 1.22 bits per heavy atom. The molecule has 1 heterocycles. The van der Waals surface area contributed by atoms with Gasteiger partial charge in [-0.25, -0.2) is 9.97 Å². The summed E-state index contributed by atoms with van der Waals surface area (Å²) in [5, 5.41) is 4.45. The third-order valence-corrected chi connectivity index (χ3v) is 3.48. The number of anilines is 1. The maximum Gasteiger partial charge on any atom is 0.194 e. The number of nitrogens with zero attached hydrogens (tertiary/aromatic N) is 2. The van der Waals surface area contributed by atoms with Gasteiger partial charge in [0.15, 0.2) is 11.6 Å². The van der Waals surface area contributed by atoms with E-state index in [1.165, 1.54) is 18.1 Å². The Morgan fingerprint density at radius 2 is 1.94 bits per heavy atom. The van der Waals surface area contributed by atoms with E-state index in [2.05, 4.69) is 15.3 Å². The average molecular weight is 282 g/mol. The molecule has 0 saturated carbocycles. The van der Waals surface area contributed by atoms with E-state index in [9.17, 15) is 0 Å². The molecule has 0 aliphatic heterocycles. The van der Waals surface area contributed by atoms with Crippen molar-refractivity contribution in [3.05, 3.63) is 35.6 Å². The highest BCUT2D eigenvalue weighted by molar-refractivity contribution is 7.99. The number of ether oxygens (including phenoxy) is 1. The van der Waals surface area contributed by atoms with Gasteiger partial charge in [0.05, 0.1) is 7.11 Å². The van der Waals surface area contributed by atoms with Gasteiger partial charge in [-0.15, -0.1) is 0 Å². The smallest absolute Gasteiger partial charge is 0.194 e. The third-order valence-electron chi connectivity index (χ3n) is 2.24. The fourth-order valence-electron chi connectivity index (χ4n) is 1.41. The lowest BCUT2D eigenvalue weighted by Crippen LogP contribution is -1.99. The highest BCUT2D eigenvalue weighted by Gasteiger charge is 2.12. The van der Waals surface area contributed by atoms with E-state index < -0.39 is 0 Å². The van der Waals surface area contributed by atoms with Gasteiger partial charge in [-0.2, -0.15) is 0 Å². The summed E-state index contributed by atoms with van der Waals surface area (Å²) < 4.78 is 5.33. The van der Waals surface area contributed by atoms with Crippen molar-refractivity contribution in [2.24, 2.45) is 0 Å². The Hall–Kier alpha value is -1.46. The van der Waals surface area contributed by atoms with Crippen molar-refractivity contribution < 1.29 is 4.74 Å². The van der Waals surface area contributed by atoms with Crippen LogP contribution in [0.25, 0.3) is 0 Å². The first kappa shape index (κ1) is 13.0. The van der Waals surface area contributed by atoms with Gasteiger partial charge >= 0.3 is 0 Å². The number of halogens is 1. The summed E-state index contributed by atoms with van der Waals surface area (Å²) in [6.45, 7) is 0. The molecule has 0 aliphatic rings. The van der Waals surface area contributed by atoms with Gasteiger partial charge in [0.2, 0.25) is 0 Å². The molecule has 0 spiro atoms. The molecule has 0 bridgehead atoms. The van der Waals surface area contributed by atoms with Gasteiger partial charge in [0.25, 0.3) is 0 Å². The van der Waals surface area contributed by atoms with Crippen LogP contribution in [0.4, 0.5) is 5.82 Å². The number of benzene rings is 1. The summed E-state index contributed by atoms with van der Waals surface area (Å²) in [4.78, 5) is 9.37. The monoisotopic (exact) mass is 281 g/mol. The van der Waals surface area contributed by atoms with Crippen LogP contribution in [-0.4, -0.2) is 24.1 Å². The van der Waals surface area contributed by atoms with Gasteiger partial charge in [-0.05, 0) is 24.3 Å². The molecule has 1 aromatic carbocycles. The molecule has 0 aliphatic carbocycles. The number of rotatable bonds is 4. The van der Waals surface area contributed by atoms with E-state index in [0.717, 1.165) is 9.92 Å². The van der Waals surface area contributed by atoms with Crippen LogP contribution in [0.15, 0.2) is 40.5 Å². The SMILES string of the molecule is CNc1ncnc(Sc2ccc(Cl)cc2)c1OC. The lowest BCUT2D eigenvalue weighted by atomic mass is 10.4. The minimum absolute atomic E-state index is 0.639. The van der Waals surface area contributed by atoms with E-state index in [-0.39, 0.29) is 0 Å². The Labute approximate surface area is 115 Å². The van der Waals surface area contributed by atoms with Crippen molar-refractivity contribution in [2.45, 2.75) is 9.92 Å². The maximum atomic E-state index is 5.85. The molecule has 6 heteroatoms. The van der Waals surface area contributed by atoms with Crippen LogP contribution in [0, 0.1) is 0 Å². The molecule has 0 saturated heterocycles. The van der Waals surface area contributed by atoms with Crippen molar-refractivity contribution in [1.29, 1.82) is 0 Å². The summed E-state index contributed by atoms with van der Waals surface area (Å²) in [6, 6.07) is 7.56. The number of methoxy groups -OCH3 is 1. The van der Waals surface area contributed by atoms with Crippen molar-refractivity contribution in [1.82, 2.24) is 9.97 Å². The van der Waals surface area contributed by atoms with Crippen LogP contribution in [0.2, 0.25) is 5.02 Å². The molecular formula is C12H12ClN3OS. The van der Waals surface area contributed by atoms with Crippen LogP contribution >= 0.6 is 23.4 Å². The predicted molar refractivity (Wildman–Crippen MR) is 73.7 cm³/mol. The quantitative estimate of drug-likeness (QED) is 0.871. The van der Waals surface area contributed by atoms with E-state index >= 15 is 0 Å². The van der Waals surface area contributed by atoms with Crippen molar-refractivity contribution >= 4 is 29.2 Å². The van der Waals surface area contributed by atoms with Crippen molar-refractivity contribution in [3.8, 4) is 5.75 Å². The van der Waals surface area contributed by atoms with Gasteiger partial charge in [0, 0.05) is 17.0 Å². The first-order valence-electron chi connectivity index (χ1n) is 5.24. The number of hydrogen-bond donors (Lipinski definition) is 1. The molecule has 18 heavy (non-hydrogen) atoms. The van der Waals surface area contributed by atoms with E-state index in [1.54, 1.807) is 14.2 Å². The summed E-state index contributed by atoms with van der Waals surface area (Å²) in [5.41, 5.74) is 0. The van der Waals surface area contributed by atoms with Crippen LogP contribution in [-0.2, 0) is 0 Å². The molecular weight excluding hydrogens is 270 g/mol. The standard InChI is InChI=1S/C12H12ClN3OS/c1-14-11-10(17-2)12(16-7-15-11)18-9-5-3-8(13)4-6-9/h3-7H,1-2H3,(H,14,15,16). The number of nitrogens with one attached hydrogen (secondary N) is 1. The lowest BCUT2D eigenvalue weighted by Gasteiger charge is -2.10. The van der Waals surface area contributed by atoms with E-state index in [0.29, 0.717) is 16.6 Å². The van der Waals surface area contributed by atoms with Gasteiger partial charge in [0.1, 0.15) is 11.4 Å². The molecule has 0 radical (unpaired) electrons. The Balaban J connectivity index is 2.31. The summed E-state index contributed by atoms with van der Waals surface area (Å²) in [5.74, 6) is 1.31. The Bertz CT molecular complexity index is 533. The Morgan fingerprint density at radius 3 is 2.56 bits per heavy atom. The molecule has 0 amide bonds. The number of hydrogen-bond acceptors (Lipinski definition) is 5. The summed E-state index contributed by atoms with van der Waals surface area (Å²) in [7, 11) is 3.40. The van der Waals surface area contributed by atoms with Crippen LogP contribution in [0.3, 0.4) is 0 Å². The minimum Gasteiger partial charge on any atom is -0.490 e. The molecule has 0 unspecified atom stereocenters. The highest BCUT2D eigenvalue weighted by Crippen LogP contribution is 2.36. The zero-order chi connectivity index (χ0) is 13.0. The van der Waals surface area contributed by atoms with E-state index in [1.807, 2.05) is 24.3 Å². The fraction of sp³-hybridized carbons (Fsp3) is 0.167. The summed E-state index contributed by atoms with van der Waals surface area (Å²) >= 11 is 7.35. The maximum absolute atomic E-state index is 5.85. The summed E-state index contributed by atoms with van der Waals surface area (Å²) in [6.07, 6.45) is 1.51. The predicted octanol–water partition coefficient (Wildman–Crippen LogP) is 3.33. The molecule has 1 aromatic heterocycles. The second kappa shape index (κ2) is 5.93. The molecule has 1 N–H and O–H groups in total. The largest absolute Gasteiger partial charge is 0.490 e. The second-order valence-electron chi connectivity index (χ2n) is 3.37. The molecule has 4 nitrogen and oxygen atoms in total. The van der Waals surface area contributed by atoms with E-state index in [4.69, 9.17) is 16.3 Å². The van der Waals surface area contributed by atoms with Crippen LogP contribution in [0.1, 0.15) is 0 Å². The molecule has 2 aromatic rings. The van der Waals surface area contributed by atoms with Gasteiger partial charge < -0.3 is 10.1 Å². The second-order valence-corrected chi connectivity index (χ2v) is 4.87. The van der Waals surface area contributed by atoms with Crippen LogP contribution in [0.5, 0.6) is 5.75 Å². The molecule has 0 fully saturated rings. The normalized spacial score (nSPS) is 10.2. The minimum atomic E-state index is 0.639. The average Bonchev–Trinajstić information content (AvgIpc) is 2.41. The topological polar surface area (TPSA) is 47.0 Å². The Kier molecular flexibility index (Phi) is 4.28. The molecule has 0 atom stereocenters. The fourth-order valence-corrected chi connectivity index (χ4v) is 2.40. The van der Waals surface area contributed by atoms with Crippen molar-refractivity contribution in [2.75, 3.05) is 19.5 Å². The third kappa shape index (κ3) is 2.86. The zero-order valence-electron chi connectivity index (χ0n) is 9.98.